The predicted molar refractivity (Wildman–Crippen MR) is 358 cm³/mol. The summed E-state index contributed by atoms with van der Waals surface area (Å²) in [5.74, 6) is -12.4. The van der Waals surface area contributed by atoms with Crippen LogP contribution in [0.3, 0.4) is 0 Å². The van der Waals surface area contributed by atoms with Gasteiger partial charge in [-0.15, -0.1) is 0 Å². The maximum Gasteiger partial charge on any atom is 0.408 e. The van der Waals surface area contributed by atoms with E-state index >= 15 is 0 Å². The molecular weight excluding hydrogens is 1230 g/mol. The Bertz CT molecular complexity index is 2830. The Morgan fingerprint density at radius 2 is 0.716 bits per heavy atom. The van der Waals surface area contributed by atoms with Crippen LogP contribution in [0.15, 0.2) is 30.3 Å². The van der Waals surface area contributed by atoms with Crippen LogP contribution >= 0.6 is 0 Å². The summed E-state index contributed by atoms with van der Waals surface area (Å²) in [7, 11) is 1.18. The lowest BCUT2D eigenvalue weighted by Crippen LogP contribution is -2.66. The zero-order chi connectivity index (χ0) is 73.6. The van der Waals surface area contributed by atoms with E-state index in [0.717, 1.165) is 5.56 Å². The van der Waals surface area contributed by atoms with Crippen LogP contribution in [-0.2, 0) is 78.4 Å². The molecule has 95 heavy (non-hydrogen) atoms. The van der Waals surface area contributed by atoms with Crippen LogP contribution in [0.25, 0.3) is 0 Å². The highest BCUT2D eigenvalue weighted by atomic mass is 16.6. The fourth-order valence-electron chi connectivity index (χ4n) is 9.27. The molecule has 1 aromatic rings. The zero-order valence-electron chi connectivity index (χ0n) is 60.8. The first kappa shape index (κ1) is 85.1. The molecule has 0 saturated heterocycles. The average molecular weight is 1340 g/mol. The molecule has 12 amide bonds. The van der Waals surface area contributed by atoms with Crippen molar-refractivity contribution in [1.29, 1.82) is 0 Å². The van der Waals surface area contributed by atoms with Crippen molar-refractivity contribution >= 4 is 77.0 Å². The van der Waals surface area contributed by atoms with Crippen molar-refractivity contribution in [3.63, 3.8) is 0 Å². The Balaban J connectivity index is 3.51. The minimum atomic E-state index is -1.82. The molecule has 0 aromatic heterocycles. The van der Waals surface area contributed by atoms with Crippen LogP contribution in [-0.4, -0.2) is 167 Å². The van der Waals surface area contributed by atoms with Crippen molar-refractivity contribution in [2.75, 3.05) is 13.7 Å². The molecule has 0 aliphatic heterocycles. The van der Waals surface area contributed by atoms with E-state index < -0.39 is 195 Å². The van der Waals surface area contributed by atoms with Gasteiger partial charge < -0.3 is 78.0 Å². The first-order chi connectivity index (χ1) is 43.5. The van der Waals surface area contributed by atoms with E-state index in [0.29, 0.717) is 12.8 Å². The van der Waals surface area contributed by atoms with Crippen molar-refractivity contribution in [2.24, 2.45) is 35.5 Å². The summed E-state index contributed by atoms with van der Waals surface area (Å²) in [6, 6.07) is -0.0349. The summed E-state index contributed by atoms with van der Waals surface area (Å²) in [5, 5.41) is 31.9. The summed E-state index contributed by atoms with van der Waals surface area (Å²) >= 11 is 0. The van der Waals surface area contributed by atoms with E-state index in [4.69, 9.17) is 14.2 Å². The first-order valence-corrected chi connectivity index (χ1v) is 32.6. The second kappa shape index (κ2) is 36.8. The van der Waals surface area contributed by atoms with Gasteiger partial charge in [0.1, 0.15) is 76.6 Å². The number of hydrogen-bond acceptors (Lipinski definition) is 16. The third kappa shape index (κ3) is 27.4. The van der Waals surface area contributed by atoms with Gasteiger partial charge in [0.15, 0.2) is 0 Å². The minimum Gasteiger partial charge on any atom is -0.467 e. The highest BCUT2D eigenvalue weighted by Crippen LogP contribution is 2.19. The monoisotopic (exact) mass is 1340 g/mol. The smallest absolute Gasteiger partial charge is 0.408 e. The van der Waals surface area contributed by atoms with E-state index in [1.807, 2.05) is 13.0 Å². The number of carbonyl (C=O) groups is 13. The van der Waals surface area contributed by atoms with Gasteiger partial charge in [-0.3, -0.25) is 52.7 Å². The van der Waals surface area contributed by atoms with E-state index in [9.17, 15) is 62.3 Å². The number of benzene rings is 1. The van der Waals surface area contributed by atoms with Gasteiger partial charge in [0.05, 0.1) is 19.8 Å². The Labute approximate surface area is 562 Å². The second-order valence-electron chi connectivity index (χ2n) is 28.9. The lowest BCUT2D eigenvalue weighted by Gasteiger charge is -2.35. The van der Waals surface area contributed by atoms with Gasteiger partial charge in [0.25, 0.3) is 0 Å². The first-order valence-electron chi connectivity index (χ1n) is 32.6. The molecule has 28 heteroatoms. The number of amides is 12. The van der Waals surface area contributed by atoms with Crippen molar-refractivity contribution in [2.45, 2.75) is 262 Å². The predicted octanol–water partition coefficient (Wildman–Crippen LogP) is 2.98. The molecule has 0 unspecified atom stereocenters. The molecule has 28 nitrogen and oxygen atoms in total. The zero-order valence-corrected chi connectivity index (χ0v) is 60.8. The Kier molecular flexibility index (Phi) is 33.0. The van der Waals surface area contributed by atoms with Crippen LogP contribution in [0, 0.1) is 35.5 Å². The van der Waals surface area contributed by atoms with Crippen molar-refractivity contribution in [1.82, 2.24) is 63.8 Å². The van der Waals surface area contributed by atoms with E-state index in [1.54, 1.807) is 121 Å². The van der Waals surface area contributed by atoms with Gasteiger partial charge in [-0.2, -0.15) is 0 Å². The van der Waals surface area contributed by atoms with Crippen molar-refractivity contribution in [3.05, 3.63) is 35.9 Å². The maximum atomic E-state index is 14.7. The largest absolute Gasteiger partial charge is 0.467 e. The number of ether oxygens (including phenoxy) is 3. The van der Waals surface area contributed by atoms with Gasteiger partial charge in [-0.05, 0) is 124 Å². The summed E-state index contributed by atoms with van der Waals surface area (Å²) in [6.45, 7) is 37.6. The number of nitrogens with one attached hydrogen (secondary N) is 12. The summed E-state index contributed by atoms with van der Waals surface area (Å²) in [6.07, 6.45) is -1.12. The normalized spacial score (nSPS) is 15.3. The molecule has 1 rings (SSSR count). The number of rotatable bonds is 36. The topological polar surface area (TPSA) is 394 Å². The second-order valence-corrected chi connectivity index (χ2v) is 28.9. The lowest BCUT2D eigenvalue weighted by molar-refractivity contribution is -0.150. The van der Waals surface area contributed by atoms with Crippen molar-refractivity contribution < 1.29 is 76.5 Å². The quantitative estimate of drug-likeness (QED) is 0.0430. The lowest BCUT2D eigenvalue weighted by atomic mass is 9.94. The molecule has 538 valence electrons. The number of carbonyl (C=O) groups excluding carboxylic acids is 13. The number of methoxy groups -OCH3 is 1. The minimum absolute atomic E-state index is 0.00959. The summed E-state index contributed by atoms with van der Waals surface area (Å²) in [4.78, 5) is 179. The van der Waals surface area contributed by atoms with Crippen LogP contribution < -0.4 is 63.8 Å². The van der Waals surface area contributed by atoms with Gasteiger partial charge in [-0.1, -0.05) is 126 Å². The van der Waals surface area contributed by atoms with Gasteiger partial charge in [0.2, 0.25) is 65.0 Å². The van der Waals surface area contributed by atoms with Crippen LogP contribution in [0.4, 0.5) is 4.79 Å². The highest BCUT2D eigenvalue weighted by molar-refractivity contribution is 6.01. The van der Waals surface area contributed by atoms with Crippen molar-refractivity contribution in [3.8, 4) is 0 Å². The number of alkyl carbamates (subject to hydrolysis) is 1. The summed E-state index contributed by atoms with van der Waals surface area (Å²) < 4.78 is 16.2. The van der Waals surface area contributed by atoms with Crippen LogP contribution in [0.5, 0.6) is 0 Å². The summed E-state index contributed by atoms with van der Waals surface area (Å²) in [5.41, 5.74) is -6.66. The molecule has 0 radical (unpaired) electrons. The third-order valence-electron chi connectivity index (χ3n) is 15.9. The van der Waals surface area contributed by atoms with Gasteiger partial charge in [-0.25, -0.2) is 9.59 Å². The SMILES string of the molecule is CC[C@H](C)[C@H](NC(=O)[C@@H](NC(=O)[C@@H](NC(=O)C(C)(C)NC(=O)CNC(=O)OC(C)(C)C)C(C)C)C(C)C)C(=O)NC(C)(C)C(=O)N[C@H](C(=O)N[C@H](C(=O)NC(C)(C)C(=O)N[C@H](C(=O)N[C@H](C(=O)NC(C)(C)C(=O)OC)[C@@H](C)CC)C(C)C)C(C)C)[C@@H](C)OCc1ccccc1. The van der Waals surface area contributed by atoms with E-state index in [1.165, 1.54) is 69.4 Å². The molecule has 0 aliphatic carbocycles. The molecule has 0 aliphatic rings. The Morgan fingerprint density at radius 3 is 1.07 bits per heavy atom. The molecule has 10 atom stereocenters. The maximum absolute atomic E-state index is 14.7. The highest BCUT2D eigenvalue weighted by Gasteiger charge is 2.44. The molecule has 1 aromatic carbocycles. The molecule has 0 spiro atoms. The molecular formula is C67H114N12O16. The van der Waals surface area contributed by atoms with Gasteiger partial charge in [0, 0.05) is 0 Å². The fraction of sp³-hybridized carbons (Fsp3) is 0.716. The molecule has 0 heterocycles. The Hall–Kier alpha value is -7.91. The number of hydrogen-bond donors (Lipinski definition) is 12. The van der Waals surface area contributed by atoms with E-state index in [2.05, 4.69) is 63.8 Å². The molecule has 0 saturated carbocycles. The fourth-order valence-corrected chi connectivity index (χ4v) is 9.27. The Morgan fingerprint density at radius 1 is 0.400 bits per heavy atom. The number of esters is 1. The van der Waals surface area contributed by atoms with Crippen LogP contribution in [0.2, 0.25) is 0 Å². The standard InChI is InChI=1S/C67H114N12O16/c1-26-39(11)48(71-51(81)44(35(3)4)69-52(82)45(36(5)6)73-58(88)64(17,18)76-43(80)33-68-62(92)95-63(14,15)16)56(86)78-66(21,22)60(90)75-50(41(13)94-34-42-31-29-28-30-32-42)54(84)70-47(38(9)10)55(85)77-65(19,20)59(89)74-46(37(7)8)53(83)72-49(40(12)27-2)57(87)79-67(23,24)61(91)93-25/h28-32,35-41,44-50H,26-27,33-34H2,1-25H3,(H,68,92)(H,69,82)(H,70,84)(H,71,81)(H,72,83)(H,73,88)(H,74,89)(H,75,90)(H,76,80)(H,77,85)(H,78,86)(H,79,87)/t39-,40-,41+,44-,45-,46-,47-,48-,49-,50-/m0/s1. The third-order valence-corrected chi connectivity index (χ3v) is 15.9. The van der Waals surface area contributed by atoms with E-state index in [-0.39, 0.29) is 6.61 Å². The van der Waals surface area contributed by atoms with Crippen LogP contribution in [0.1, 0.15) is 185 Å². The molecule has 0 bridgehead atoms. The molecule has 0 fully saturated rings. The van der Waals surface area contributed by atoms with Gasteiger partial charge >= 0.3 is 12.1 Å². The molecule has 12 N–H and O–H groups in total. The average Bonchev–Trinajstić information content (AvgIpc) is 0.897.